The number of carboxylic acids is 2. The zero-order chi connectivity index (χ0) is 17.1. The van der Waals surface area contributed by atoms with E-state index in [0.29, 0.717) is 10.9 Å². The Kier molecular flexibility index (Phi) is 4.07. The second kappa shape index (κ2) is 6.34. The number of fused-ring (bicyclic) bond motifs is 1. The average Bonchev–Trinajstić information content (AvgIpc) is 2.59. The fourth-order valence-electron chi connectivity index (χ4n) is 2.39. The minimum Gasteiger partial charge on any atom is -0.478 e. The molecule has 0 bridgehead atoms. The van der Waals surface area contributed by atoms with Crippen LogP contribution in [0.25, 0.3) is 23.1 Å². The smallest absolute Gasteiger partial charge is 0.354 e. The molecule has 0 unspecified atom stereocenters. The number of aromatic carboxylic acids is 2. The number of nitrogens with zero attached hydrogens (tertiary/aromatic N) is 1. The highest BCUT2D eigenvalue weighted by molar-refractivity contribution is 6.05. The van der Waals surface area contributed by atoms with E-state index in [1.54, 1.807) is 18.2 Å². The summed E-state index contributed by atoms with van der Waals surface area (Å²) in [5, 5.41) is 18.8. The molecular weight excluding hydrogens is 306 g/mol. The Hall–Kier alpha value is -3.47. The Morgan fingerprint density at radius 3 is 2.21 bits per heavy atom. The van der Waals surface area contributed by atoms with Gasteiger partial charge >= 0.3 is 11.9 Å². The minimum absolute atomic E-state index is 0.0765. The van der Waals surface area contributed by atoms with Crippen LogP contribution in [-0.2, 0) is 0 Å². The number of carboxylic acid groups (broad SMARTS) is 2. The van der Waals surface area contributed by atoms with Crippen molar-refractivity contribution in [2.45, 2.75) is 0 Å². The second-order valence-corrected chi connectivity index (χ2v) is 5.19. The molecule has 0 aliphatic carbocycles. The van der Waals surface area contributed by atoms with E-state index in [2.05, 4.69) is 4.98 Å². The Balaban J connectivity index is 2.08. The van der Waals surface area contributed by atoms with Crippen LogP contribution in [0.2, 0.25) is 0 Å². The van der Waals surface area contributed by atoms with E-state index < -0.39 is 11.9 Å². The summed E-state index contributed by atoms with van der Waals surface area (Å²) >= 11 is 0. The van der Waals surface area contributed by atoms with E-state index in [4.69, 9.17) is 5.11 Å². The van der Waals surface area contributed by atoms with Gasteiger partial charge in [-0.25, -0.2) is 14.6 Å². The van der Waals surface area contributed by atoms with Crippen molar-refractivity contribution < 1.29 is 19.8 Å². The van der Waals surface area contributed by atoms with Gasteiger partial charge in [-0.1, -0.05) is 48.6 Å². The molecule has 5 heteroatoms. The molecule has 2 aromatic carbocycles. The third-order valence-corrected chi connectivity index (χ3v) is 3.55. The molecule has 0 fully saturated rings. The number of hydrogen-bond acceptors (Lipinski definition) is 3. The molecule has 0 radical (unpaired) electrons. The third kappa shape index (κ3) is 3.15. The van der Waals surface area contributed by atoms with Gasteiger partial charge in [0.1, 0.15) is 5.69 Å². The molecule has 0 spiro atoms. The largest absolute Gasteiger partial charge is 0.478 e. The molecule has 0 amide bonds. The van der Waals surface area contributed by atoms with Gasteiger partial charge in [-0.15, -0.1) is 0 Å². The molecule has 3 aromatic rings. The third-order valence-electron chi connectivity index (χ3n) is 3.55. The quantitative estimate of drug-likeness (QED) is 0.714. The normalized spacial score (nSPS) is 11.0. The molecule has 3 rings (SSSR count). The van der Waals surface area contributed by atoms with Crippen molar-refractivity contribution in [1.82, 2.24) is 4.98 Å². The molecule has 0 saturated carbocycles. The molecule has 0 saturated heterocycles. The number of pyridine rings is 1. The van der Waals surface area contributed by atoms with Crippen molar-refractivity contribution in [3.63, 3.8) is 0 Å². The maximum Gasteiger partial charge on any atom is 0.354 e. The Morgan fingerprint density at radius 1 is 0.833 bits per heavy atom. The van der Waals surface area contributed by atoms with E-state index in [-0.39, 0.29) is 11.3 Å². The van der Waals surface area contributed by atoms with Crippen LogP contribution in [0.3, 0.4) is 0 Å². The summed E-state index contributed by atoms with van der Waals surface area (Å²) in [7, 11) is 0. The zero-order valence-electron chi connectivity index (χ0n) is 12.5. The van der Waals surface area contributed by atoms with Gasteiger partial charge < -0.3 is 10.2 Å². The molecule has 1 aromatic heterocycles. The van der Waals surface area contributed by atoms with Crippen molar-refractivity contribution in [3.05, 3.63) is 77.0 Å². The van der Waals surface area contributed by atoms with Crippen LogP contribution in [-0.4, -0.2) is 27.1 Å². The molecular formula is C19H13NO4. The lowest BCUT2D eigenvalue weighted by molar-refractivity contribution is 0.0691. The zero-order valence-corrected chi connectivity index (χ0v) is 12.5. The van der Waals surface area contributed by atoms with E-state index >= 15 is 0 Å². The van der Waals surface area contributed by atoms with Gasteiger partial charge in [0.2, 0.25) is 0 Å². The summed E-state index contributed by atoms with van der Waals surface area (Å²) < 4.78 is 0. The van der Waals surface area contributed by atoms with E-state index in [1.807, 2.05) is 42.5 Å². The first-order valence-electron chi connectivity index (χ1n) is 7.19. The predicted molar refractivity (Wildman–Crippen MR) is 91.0 cm³/mol. The summed E-state index contributed by atoms with van der Waals surface area (Å²) in [5.41, 5.74) is 1.80. The lowest BCUT2D eigenvalue weighted by Gasteiger charge is -2.05. The minimum atomic E-state index is -1.26. The van der Waals surface area contributed by atoms with E-state index in [9.17, 15) is 14.7 Å². The van der Waals surface area contributed by atoms with Crippen LogP contribution >= 0.6 is 0 Å². The van der Waals surface area contributed by atoms with Gasteiger partial charge in [-0.05, 0) is 29.3 Å². The van der Waals surface area contributed by atoms with Gasteiger partial charge in [0.25, 0.3) is 0 Å². The lowest BCUT2D eigenvalue weighted by Crippen LogP contribution is -2.06. The average molecular weight is 319 g/mol. The molecule has 118 valence electrons. The Bertz CT molecular complexity index is 962. The van der Waals surface area contributed by atoms with Crippen molar-refractivity contribution in [3.8, 4) is 0 Å². The fourth-order valence-corrected chi connectivity index (χ4v) is 2.39. The summed E-state index contributed by atoms with van der Waals surface area (Å²) in [5.74, 6) is -2.44. The summed E-state index contributed by atoms with van der Waals surface area (Å²) in [6.45, 7) is 0. The first-order chi connectivity index (χ1) is 11.5. The molecule has 5 nitrogen and oxygen atoms in total. The van der Waals surface area contributed by atoms with Gasteiger partial charge in [0.05, 0.1) is 11.1 Å². The van der Waals surface area contributed by atoms with Gasteiger partial charge in [0.15, 0.2) is 0 Å². The van der Waals surface area contributed by atoms with Crippen molar-refractivity contribution in [2.24, 2.45) is 0 Å². The fraction of sp³-hybridized carbons (Fsp3) is 0. The highest BCUT2D eigenvalue weighted by Gasteiger charge is 2.15. The second-order valence-electron chi connectivity index (χ2n) is 5.19. The van der Waals surface area contributed by atoms with Crippen molar-refractivity contribution >= 4 is 35.0 Å². The summed E-state index contributed by atoms with van der Waals surface area (Å²) in [4.78, 5) is 26.5. The number of benzene rings is 2. The van der Waals surface area contributed by atoms with Crippen molar-refractivity contribution in [1.29, 1.82) is 0 Å². The van der Waals surface area contributed by atoms with Crippen LogP contribution in [0.5, 0.6) is 0 Å². The topological polar surface area (TPSA) is 87.5 Å². The number of rotatable bonds is 4. The van der Waals surface area contributed by atoms with E-state index in [1.165, 1.54) is 0 Å². The molecule has 0 atom stereocenters. The van der Waals surface area contributed by atoms with Crippen LogP contribution in [0.15, 0.2) is 54.6 Å². The van der Waals surface area contributed by atoms with Gasteiger partial charge in [0, 0.05) is 5.39 Å². The standard InChI is InChI=1S/C19H13NO4/c21-18(22)15-11-17(19(23)24)20-16-9-8-13(10-14(15)16)7-6-12-4-2-1-3-5-12/h1-11H,(H,21,22)(H,23,24)/b7-6+. The number of aromatic nitrogens is 1. The SMILES string of the molecule is O=C(O)c1cc(C(=O)O)c2cc(/C=C/c3ccccc3)ccc2n1. The highest BCUT2D eigenvalue weighted by Crippen LogP contribution is 2.22. The lowest BCUT2D eigenvalue weighted by atomic mass is 10.0. The van der Waals surface area contributed by atoms with Crippen LogP contribution in [0.1, 0.15) is 32.0 Å². The molecule has 0 aliphatic heterocycles. The summed E-state index contributed by atoms with van der Waals surface area (Å²) in [6, 6.07) is 15.9. The first-order valence-corrected chi connectivity index (χ1v) is 7.19. The first kappa shape index (κ1) is 15.4. The molecule has 24 heavy (non-hydrogen) atoms. The van der Waals surface area contributed by atoms with Gasteiger partial charge in [-0.3, -0.25) is 0 Å². The predicted octanol–water partition coefficient (Wildman–Crippen LogP) is 3.80. The number of hydrogen-bond donors (Lipinski definition) is 2. The maximum absolute atomic E-state index is 11.4. The molecule has 1 heterocycles. The molecule has 0 aliphatic rings. The van der Waals surface area contributed by atoms with Crippen LogP contribution < -0.4 is 0 Å². The van der Waals surface area contributed by atoms with Crippen LogP contribution in [0.4, 0.5) is 0 Å². The van der Waals surface area contributed by atoms with Gasteiger partial charge in [-0.2, -0.15) is 0 Å². The highest BCUT2D eigenvalue weighted by atomic mass is 16.4. The monoisotopic (exact) mass is 319 g/mol. The Labute approximate surface area is 137 Å². The summed E-state index contributed by atoms with van der Waals surface area (Å²) in [6.07, 6.45) is 3.78. The number of carbonyl (C=O) groups is 2. The molecule has 2 N–H and O–H groups in total. The maximum atomic E-state index is 11.4. The van der Waals surface area contributed by atoms with Crippen molar-refractivity contribution in [2.75, 3.05) is 0 Å². The van der Waals surface area contributed by atoms with Crippen LogP contribution in [0, 0.1) is 0 Å². The van der Waals surface area contributed by atoms with E-state index in [0.717, 1.165) is 17.2 Å². The Morgan fingerprint density at radius 2 is 1.54 bits per heavy atom.